The molecule has 0 radical (unpaired) electrons. The summed E-state index contributed by atoms with van der Waals surface area (Å²) in [7, 11) is 1.21. The smallest absolute Gasteiger partial charge is 0.359 e. The Balaban J connectivity index is 1.31. The van der Waals surface area contributed by atoms with Crippen molar-refractivity contribution in [1.29, 1.82) is 0 Å². The lowest BCUT2D eigenvalue weighted by Crippen LogP contribution is -2.54. The molecule has 2 aliphatic rings. The summed E-state index contributed by atoms with van der Waals surface area (Å²) in [5.41, 5.74) is 1.39. The molecule has 15 heteroatoms. The number of amides is 4. The summed E-state index contributed by atoms with van der Waals surface area (Å²) in [6, 6.07) is 10.2. The van der Waals surface area contributed by atoms with Gasteiger partial charge >= 0.3 is 17.9 Å². The van der Waals surface area contributed by atoms with Crippen molar-refractivity contribution in [3.8, 4) is 11.5 Å². The van der Waals surface area contributed by atoms with Gasteiger partial charge in [0.1, 0.15) is 40.3 Å². The fraction of sp³-hybridized carbons (Fsp3) is 0.448. The van der Waals surface area contributed by atoms with Crippen molar-refractivity contribution in [3.05, 3.63) is 64.4 Å². The molecule has 2 aromatic carbocycles. The molecule has 44 heavy (non-hydrogen) atoms. The van der Waals surface area contributed by atoms with Crippen LogP contribution in [0.3, 0.4) is 0 Å². The molecule has 2 heterocycles. The van der Waals surface area contributed by atoms with E-state index in [1.807, 2.05) is 0 Å². The Hall–Kier alpha value is -3.89. The number of esters is 1. The van der Waals surface area contributed by atoms with E-state index in [-0.39, 0.29) is 48.4 Å². The second kappa shape index (κ2) is 15.2. The van der Waals surface area contributed by atoms with E-state index in [4.69, 9.17) is 14.2 Å². The third kappa shape index (κ3) is 8.60. The lowest BCUT2D eigenvalue weighted by atomic mass is 10.0. The number of benzene rings is 2. The van der Waals surface area contributed by atoms with Crippen LogP contribution in [-0.4, -0.2) is 95.8 Å². The Labute approximate surface area is 258 Å². The van der Waals surface area contributed by atoms with E-state index in [0.29, 0.717) is 63.2 Å². The molecule has 3 atom stereocenters. The number of nitrogens with one attached hydrogen (secondary N) is 2. The Kier molecular flexibility index (Phi) is 11.4. The molecule has 4 amide bonds. The van der Waals surface area contributed by atoms with Gasteiger partial charge in [-0.1, -0.05) is 34.5 Å². The van der Waals surface area contributed by atoms with Crippen LogP contribution in [0.1, 0.15) is 46.0 Å². The summed E-state index contributed by atoms with van der Waals surface area (Å²) in [5.74, 6) is -1.96. The summed E-state index contributed by atoms with van der Waals surface area (Å²) in [5, 5.41) is 36.6. The number of morpholine rings is 1. The largest absolute Gasteiger partial charge is 0.579 e. The van der Waals surface area contributed by atoms with Crippen molar-refractivity contribution >= 4 is 35.8 Å². The number of rotatable bonds is 12. The highest BCUT2D eigenvalue weighted by Gasteiger charge is 2.43. The minimum Gasteiger partial charge on any atom is -0.579 e. The molecule has 0 aromatic heterocycles. The van der Waals surface area contributed by atoms with E-state index in [0.717, 1.165) is 5.56 Å². The van der Waals surface area contributed by atoms with Crippen LogP contribution in [0.15, 0.2) is 42.5 Å². The van der Waals surface area contributed by atoms with E-state index < -0.39 is 27.4 Å². The molecular weight excluding hydrogens is 596 g/mol. The molecule has 4 rings (SSSR count). The van der Waals surface area contributed by atoms with Crippen LogP contribution in [0, 0.1) is 5.21 Å². The molecular formula is C29H36N4O10S. The summed E-state index contributed by atoms with van der Waals surface area (Å²) < 4.78 is 13.7. The minimum atomic E-state index is -1.96. The van der Waals surface area contributed by atoms with Gasteiger partial charge in [-0.15, -0.1) is 0 Å². The monoisotopic (exact) mass is 632 g/mol. The Morgan fingerprint density at radius 3 is 2.55 bits per heavy atom. The summed E-state index contributed by atoms with van der Waals surface area (Å²) >= 11 is 0.605. The molecule has 0 aliphatic carbocycles. The highest BCUT2D eigenvalue weighted by atomic mass is 32.2. The topological polar surface area (TPSA) is 187 Å². The van der Waals surface area contributed by atoms with Gasteiger partial charge in [0, 0.05) is 26.1 Å². The van der Waals surface area contributed by atoms with E-state index in [1.165, 1.54) is 13.2 Å². The van der Waals surface area contributed by atoms with Crippen LogP contribution in [0.5, 0.6) is 11.5 Å². The summed E-state index contributed by atoms with van der Waals surface area (Å²) in [6.07, 6.45) is 1.17. The van der Waals surface area contributed by atoms with Gasteiger partial charge in [-0.25, -0.2) is 14.4 Å². The van der Waals surface area contributed by atoms with Crippen molar-refractivity contribution in [2.75, 3.05) is 46.6 Å². The lowest BCUT2D eigenvalue weighted by Gasteiger charge is -2.29. The first-order chi connectivity index (χ1) is 21.1. The zero-order chi connectivity index (χ0) is 31.7. The Morgan fingerprint density at radius 1 is 1.16 bits per heavy atom. The molecule has 238 valence electrons. The molecule has 2 aliphatic heterocycles. The number of aromatic hydroxyl groups is 1. The number of unbranched alkanes of at least 4 members (excludes halogenated alkanes) is 1. The first-order valence-electron chi connectivity index (χ1n) is 14.2. The van der Waals surface area contributed by atoms with Crippen molar-refractivity contribution in [2.45, 2.75) is 37.0 Å². The molecule has 2 saturated heterocycles. The van der Waals surface area contributed by atoms with Crippen LogP contribution in [0.25, 0.3) is 0 Å². The van der Waals surface area contributed by atoms with Crippen molar-refractivity contribution < 1.29 is 47.9 Å². The molecule has 0 saturated carbocycles. The van der Waals surface area contributed by atoms with E-state index in [2.05, 4.69) is 10.6 Å². The van der Waals surface area contributed by atoms with Gasteiger partial charge < -0.3 is 40.1 Å². The van der Waals surface area contributed by atoms with Crippen LogP contribution >= 0.6 is 11.9 Å². The fourth-order valence-corrected chi connectivity index (χ4v) is 5.77. The van der Waals surface area contributed by atoms with Crippen molar-refractivity contribution in [3.63, 3.8) is 0 Å². The van der Waals surface area contributed by atoms with Gasteiger partial charge in [-0.3, -0.25) is 4.79 Å². The predicted octanol–water partition coefficient (Wildman–Crippen LogP) is 2.43. The normalized spacial score (nSPS) is 20.6. The van der Waals surface area contributed by atoms with Gasteiger partial charge in [0.25, 0.3) is 0 Å². The average Bonchev–Trinajstić information content (AvgIpc) is 3.30. The van der Waals surface area contributed by atoms with Crippen LogP contribution < -0.4 is 15.4 Å². The quantitative estimate of drug-likeness (QED) is 0.0672. The molecule has 2 unspecified atom stereocenters. The third-order valence-corrected chi connectivity index (χ3v) is 8.35. The highest BCUT2D eigenvalue weighted by molar-refractivity contribution is 7.94. The van der Waals surface area contributed by atoms with E-state index in [1.54, 1.807) is 41.3 Å². The fourth-order valence-electron chi connectivity index (χ4n) is 4.73. The molecule has 0 bridgehead atoms. The predicted molar refractivity (Wildman–Crippen MR) is 157 cm³/mol. The maximum Gasteiger partial charge on any atom is 0.359 e. The standard InChI is InChI=1S/C29H36N4O10S/c1-41-28(37)26-22(34)5-4-6-23(26)43-14-3-2-11-30-27(36)21(31-29(38)32-12-15-42-16-13-32)17-19-7-9-20(10-8-19)24-18-25(35)33(39,40)44-24/h4-10,21,24,34,39H,2-3,11-18H2,1H3,(H,30,36)(H,31,38)/t21-,24?/m0/s1. The third-order valence-electron chi connectivity index (χ3n) is 7.17. The van der Waals surface area contributed by atoms with E-state index in [9.17, 15) is 34.7 Å². The van der Waals surface area contributed by atoms with Gasteiger partial charge in [-0.2, -0.15) is 5.21 Å². The Bertz CT molecular complexity index is 1330. The number of hydrogen-bond acceptors (Lipinski definition) is 11. The number of quaternary nitrogens is 1. The Morgan fingerprint density at radius 2 is 1.89 bits per heavy atom. The number of phenols is 1. The summed E-state index contributed by atoms with van der Waals surface area (Å²) in [6.45, 7) is 2.17. The molecule has 14 nitrogen and oxygen atoms in total. The van der Waals surface area contributed by atoms with Crippen LogP contribution in [0.2, 0.25) is 0 Å². The van der Waals surface area contributed by atoms with Crippen LogP contribution in [0.4, 0.5) is 4.79 Å². The van der Waals surface area contributed by atoms with Gasteiger partial charge in [0.2, 0.25) is 5.91 Å². The van der Waals surface area contributed by atoms with Crippen molar-refractivity contribution in [1.82, 2.24) is 15.5 Å². The van der Waals surface area contributed by atoms with Gasteiger partial charge in [-0.05, 0) is 36.1 Å². The minimum absolute atomic E-state index is 0.0586. The van der Waals surface area contributed by atoms with Gasteiger partial charge in [0.05, 0.1) is 33.4 Å². The van der Waals surface area contributed by atoms with E-state index >= 15 is 0 Å². The number of urea groups is 1. The number of nitrogens with zero attached hydrogens (tertiary/aromatic N) is 2. The number of phenolic OH excluding ortho intramolecular Hbond substituents is 1. The average molecular weight is 633 g/mol. The SMILES string of the molecule is COC(=O)c1c(O)cccc1OCCCCNC(=O)[C@H](Cc1ccc(C2CC(=O)[N+]([O-])(O)S2)cc1)NC(=O)N1CCOCC1. The second-order valence-corrected chi connectivity index (χ2v) is 11.5. The zero-order valence-corrected chi connectivity index (χ0v) is 25.0. The van der Waals surface area contributed by atoms with Crippen LogP contribution in [-0.2, 0) is 25.5 Å². The maximum atomic E-state index is 13.2. The molecule has 2 aromatic rings. The summed E-state index contributed by atoms with van der Waals surface area (Å²) in [4.78, 5) is 51.4. The highest BCUT2D eigenvalue weighted by Crippen LogP contribution is 2.45. The number of methoxy groups -OCH3 is 1. The first kappa shape index (κ1) is 33.0. The number of hydrogen-bond donors (Lipinski definition) is 4. The number of hydroxylamine groups is 2. The molecule has 4 N–H and O–H groups in total. The van der Waals surface area contributed by atoms with Gasteiger partial charge in [0.15, 0.2) is 0 Å². The maximum absolute atomic E-state index is 13.2. The lowest BCUT2D eigenvalue weighted by molar-refractivity contribution is -0.880. The molecule has 0 spiro atoms. The second-order valence-electron chi connectivity index (χ2n) is 10.2. The van der Waals surface area contributed by atoms with Crippen molar-refractivity contribution in [2.24, 2.45) is 0 Å². The number of ether oxygens (including phenoxy) is 3. The number of carbonyl (C=O) groups excluding carboxylic acids is 4. The number of carbonyl (C=O) groups is 4. The molecule has 2 fully saturated rings. The first-order valence-corrected chi connectivity index (χ1v) is 15.0. The zero-order valence-electron chi connectivity index (χ0n) is 24.2.